The maximum absolute atomic E-state index is 12.5. The average molecular weight is 449 g/mol. The Morgan fingerprint density at radius 2 is 1.85 bits per heavy atom. The highest BCUT2D eigenvalue weighted by molar-refractivity contribution is 5.97. The van der Waals surface area contributed by atoms with E-state index >= 15 is 0 Å². The quantitative estimate of drug-likeness (QED) is 0.167. The maximum Gasteiger partial charge on any atom is 0.267 e. The third kappa shape index (κ3) is 9.44. The van der Waals surface area contributed by atoms with E-state index in [-0.39, 0.29) is 19.0 Å². The molecule has 3 amide bonds. The molecule has 5 N–H and O–H groups in total. The minimum Gasteiger partial charge on any atom is -0.352 e. The molecular formula is C25H28N4O4. The third-order valence-corrected chi connectivity index (χ3v) is 4.57. The second kappa shape index (κ2) is 14.3. The fourth-order valence-corrected chi connectivity index (χ4v) is 2.80. The van der Waals surface area contributed by atoms with Crippen LogP contribution in [0.5, 0.6) is 0 Å². The van der Waals surface area contributed by atoms with Crippen molar-refractivity contribution in [1.82, 2.24) is 21.4 Å². The van der Waals surface area contributed by atoms with Gasteiger partial charge < -0.3 is 16.0 Å². The van der Waals surface area contributed by atoms with Crippen molar-refractivity contribution < 1.29 is 19.6 Å². The van der Waals surface area contributed by atoms with Crippen molar-refractivity contribution in [2.75, 3.05) is 19.6 Å². The molecule has 1 aliphatic rings. The Balaban J connectivity index is 1.92. The highest BCUT2D eigenvalue weighted by Crippen LogP contribution is 2.08. The highest BCUT2D eigenvalue weighted by atomic mass is 16.5. The number of hydrogen-bond donors (Lipinski definition) is 5. The lowest BCUT2D eigenvalue weighted by atomic mass is 10.1. The van der Waals surface area contributed by atoms with Gasteiger partial charge in [-0.3, -0.25) is 19.6 Å². The van der Waals surface area contributed by atoms with Crippen LogP contribution < -0.4 is 21.4 Å². The van der Waals surface area contributed by atoms with E-state index in [0.717, 1.165) is 24.8 Å². The smallest absolute Gasteiger partial charge is 0.267 e. The van der Waals surface area contributed by atoms with Crippen molar-refractivity contribution in [3.05, 3.63) is 59.2 Å². The standard InChI is InChI=1S/C25H28N4O4/c1-2-16-26-18-23(30)27-17-22(25(32)29-33)28-24(31)21-14-12-20(13-15-21)11-7-6-10-19-8-4-3-5-9-19/h4,8-9,12-15,22,26,33H,2-3,5,16-18H2,1H3,(H,27,30)(H,28,31)(H,29,32)/t22-/m0/s1. The van der Waals surface area contributed by atoms with Gasteiger partial charge in [-0.15, -0.1) is 0 Å². The van der Waals surface area contributed by atoms with Crippen LogP contribution in [0.3, 0.4) is 0 Å². The predicted molar refractivity (Wildman–Crippen MR) is 125 cm³/mol. The van der Waals surface area contributed by atoms with Gasteiger partial charge in [0.1, 0.15) is 6.04 Å². The molecule has 0 fully saturated rings. The first kappa shape index (κ1) is 25.4. The van der Waals surface area contributed by atoms with Crippen LogP contribution in [0, 0.1) is 23.7 Å². The van der Waals surface area contributed by atoms with Crippen LogP contribution >= 0.6 is 0 Å². The Morgan fingerprint density at radius 1 is 1.09 bits per heavy atom. The first-order chi connectivity index (χ1) is 16.0. The number of hydroxylamine groups is 1. The Morgan fingerprint density at radius 3 is 2.52 bits per heavy atom. The summed E-state index contributed by atoms with van der Waals surface area (Å²) < 4.78 is 0. The lowest BCUT2D eigenvalue weighted by Gasteiger charge is -2.17. The van der Waals surface area contributed by atoms with Gasteiger partial charge in [0.15, 0.2) is 0 Å². The number of hydrogen-bond acceptors (Lipinski definition) is 5. The normalized spacial score (nSPS) is 12.7. The van der Waals surface area contributed by atoms with Crippen molar-refractivity contribution in [3.8, 4) is 23.7 Å². The number of carbonyl (C=O) groups is 3. The third-order valence-electron chi connectivity index (χ3n) is 4.57. The summed E-state index contributed by atoms with van der Waals surface area (Å²) in [7, 11) is 0. The van der Waals surface area contributed by atoms with Gasteiger partial charge >= 0.3 is 0 Å². The van der Waals surface area contributed by atoms with Gasteiger partial charge in [0.2, 0.25) is 5.91 Å². The van der Waals surface area contributed by atoms with E-state index in [1.165, 1.54) is 5.48 Å². The molecule has 1 aliphatic carbocycles. The minimum atomic E-state index is -1.14. The van der Waals surface area contributed by atoms with Crippen LogP contribution in [0.25, 0.3) is 0 Å². The number of nitrogens with one attached hydrogen (secondary N) is 4. The number of allylic oxidation sites excluding steroid dienone is 4. The maximum atomic E-state index is 12.5. The van der Waals surface area contributed by atoms with Crippen molar-refractivity contribution in [3.63, 3.8) is 0 Å². The summed E-state index contributed by atoms with van der Waals surface area (Å²) in [5, 5.41) is 16.9. The largest absolute Gasteiger partial charge is 0.352 e. The lowest BCUT2D eigenvalue weighted by Crippen LogP contribution is -2.52. The monoisotopic (exact) mass is 448 g/mol. The topological polar surface area (TPSA) is 120 Å². The number of amides is 3. The molecule has 0 unspecified atom stereocenters. The molecule has 2 rings (SSSR count). The zero-order valence-corrected chi connectivity index (χ0v) is 18.5. The van der Waals surface area contributed by atoms with Crippen molar-refractivity contribution in [1.29, 1.82) is 0 Å². The molecule has 0 spiro atoms. The SMILES string of the molecule is CCCNCC(=O)NC[C@H](NC(=O)c1ccc(C#CC#CC2=CCCC=C2)cc1)C(=O)NO. The second-order valence-corrected chi connectivity index (χ2v) is 7.20. The van der Waals surface area contributed by atoms with Crippen LogP contribution in [-0.2, 0) is 9.59 Å². The van der Waals surface area contributed by atoms with Gasteiger partial charge in [-0.2, -0.15) is 0 Å². The van der Waals surface area contributed by atoms with Gasteiger partial charge in [0.05, 0.1) is 6.54 Å². The molecule has 172 valence electrons. The Bertz CT molecular complexity index is 1020. The first-order valence-electron chi connectivity index (χ1n) is 10.7. The van der Waals surface area contributed by atoms with Crippen molar-refractivity contribution in [2.24, 2.45) is 0 Å². The van der Waals surface area contributed by atoms with Crippen molar-refractivity contribution >= 4 is 17.7 Å². The Labute approximate surface area is 193 Å². The summed E-state index contributed by atoms with van der Waals surface area (Å²) in [5.74, 6) is 9.80. The van der Waals surface area contributed by atoms with E-state index in [1.54, 1.807) is 24.3 Å². The summed E-state index contributed by atoms with van der Waals surface area (Å²) in [4.78, 5) is 36.2. The van der Waals surface area contributed by atoms with Crippen LogP contribution in [0.4, 0.5) is 0 Å². The summed E-state index contributed by atoms with van der Waals surface area (Å²) in [6.07, 6.45) is 9.03. The zero-order valence-electron chi connectivity index (χ0n) is 18.5. The summed E-state index contributed by atoms with van der Waals surface area (Å²) in [5.41, 5.74) is 3.44. The molecule has 1 aromatic rings. The molecular weight excluding hydrogens is 420 g/mol. The molecule has 0 bridgehead atoms. The number of benzene rings is 1. The average Bonchev–Trinajstić information content (AvgIpc) is 2.85. The molecule has 8 heteroatoms. The van der Waals surface area contributed by atoms with Crippen LogP contribution in [-0.4, -0.2) is 48.6 Å². The highest BCUT2D eigenvalue weighted by Gasteiger charge is 2.21. The molecule has 0 saturated heterocycles. The molecule has 0 aliphatic heterocycles. The molecule has 1 aromatic carbocycles. The molecule has 0 radical (unpaired) electrons. The molecule has 8 nitrogen and oxygen atoms in total. The van der Waals surface area contributed by atoms with E-state index in [0.29, 0.717) is 17.7 Å². The Kier molecular flexibility index (Phi) is 11.0. The van der Waals surface area contributed by atoms with Crippen LogP contribution in [0.1, 0.15) is 42.1 Å². The number of rotatable bonds is 9. The van der Waals surface area contributed by atoms with Crippen LogP contribution in [0.15, 0.2) is 48.1 Å². The van der Waals surface area contributed by atoms with Gasteiger partial charge in [0, 0.05) is 23.2 Å². The van der Waals surface area contributed by atoms with Gasteiger partial charge in [0.25, 0.3) is 11.8 Å². The van der Waals surface area contributed by atoms with Crippen LogP contribution in [0.2, 0.25) is 0 Å². The first-order valence-corrected chi connectivity index (χ1v) is 10.7. The molecule has 33 heavy (non-hydrogen) atoms. The number of carbonyl (C=O) groups excluding carboxylic acids is 3. The lowest BCUT2D eigenvalue weighted by molar-refractivity contribution is -0.131. The Hall–Kier alpha value is -3.85. The van der Waals surface area contributed by atoms with E-state index in [1.807, 2.05) is 13.0 Å². The van der Waals surface area contributed by atoms with Crippen molar-refractivity contribution in [2.45, 2.75) is 32.2 Å². The van der Waals surface area contributed by atoms with Gasteiger partial charge in [-0.25, -0.2) is 5.48 Å². The minimum absolute atomic E-state index is 0.0937. The van der Waals surface area contributed by atoms with E-state index in [4.69, 9.17) is 5.21 Å². The molecule has 0 heterocycles. The summed E-state index contributed by atoms with van der Waals surface area (Å²) in [6.45, 7) is 2.59. The van der Waals surface area contributed by atoms with E-state index in [9.17, 15) is 14.4 Å². The van der Waals surface area contributed by atoms with E-state index < -0.39 is 17.9 Å². The van der Waals surface area contributed by atoms with Gasteiger partial charge in [-0.1, -0.05) is 37.0 Å². The summed E-state index contributed by atoms with van der Waals surface area (Å²) in [6, 6.07) is 5.34. The summed E-state index contributed by atoms with van der Waals surface area (Å²) >= 11 is 0. The fraction of sp³-hybridized carbons (Fsp3) is 0.320. The molecule has 1 atom stereocenters. The predicted octanol–water partition coefficient (Wildman–Crippen LogP) is 1.04. The van der Waals surface area contributed by atoms with E-state index in [2.05, 4.69) is 51.8 Å². The second-order valence-electron chi connectivity index (χ2n) is 7.20. The molecule has 0 saturated carbocycles. The zero-order chi connectivity index (χ0) is 23.9. The van der Waals surface area contributed by atoms with Gasteiger partial charge in [-0.05, 0) is 61.9 Å². The molecule has 0 aromatic heterocycles. The fourth-order valence-electron chi connectivity index (χ4n) is 2.80.